The second-order valence-corrected chi connectivity index (χ2v) is 7.12. The average molecular weight is 352 g/mol. The summed E-state index contributed by atoms with van der Waals surface area (Å²) in [6.45, 7) is 0.790. The SMILES string of the molecule is S=C1N[C@H](c2ccccn2)[C@H](c2cccs2)N1Cc1ccccc1. The number of benzene rings is 1. The first-order chi connectivity index (χ1) is 11.8. The summed E-state index contributed by atoms with van der Waals surface area (Å²) >= 11 is 7.43. The molecule has 0 bridgehead atoms. The minimum Gasteiger partial charge on any atom is -0.352 e. The van der Waals surface area contributed by atoms with Gasteiger partial charge in [0.2, 0.25) is 0 Å². The highest BCUT2D eigenvalue weighted by Gasteiger charge is 2.40. The Kier molecular flexibility index (Phi) is 4.28. The molecule has 120 valence electrons. The summed E-state index contributed by atoms with van der Waals surface area (Å²) in [6.07, 6.45) is 1.84. The lowest BCUT2D eigenvalue weighted by Crippen LogP contribution is -2.28. The maximum Gasteiger partial charge on any atom is 0.170 e. The highest BCUT2D eigenvalue weighted by molar-refractivity contribution is 7.80. The monoisotopic (exact) mass is 351 g/mol. The molecule has 0 aliphatic carbocycles. The number of rotatable bonds is 4. The lowest BCUT2D eigenvalue weighted by atomic mass is 10.0. The molecule has 3 aromatic rings. The van der Waals surface area contributed by atoms with E-state index in [1.54, 1.807) is 11.3 Å². The van der Waals surface area contributed by atoms with Gasteiger partial charge in [-0.2, -0.15) is 0 Å². The van der Waals surface area contributed by atoms with E-state index in [9.17, 15) is 0 Å². The van der Waals surface area contributed by atoms with Crippen LogP contribution in [0, 0.1) is 0 Å². The van der Waals surface area contributed by atoms with Crippen LogP contribution in [0.15, 0.2) is 72.2 Å². The second kappa shape index (κ2) is 6.71. The van der Waals surface area contributed by atoms with Gasteiger partial charge in [-0.25, -0.2) is 0 Å². The Hall–Kier alpha value is -2.24. The van der Waals surface area contributed by atoms with Crippen LogP contribution >= 0.6 is 23.6 Å². The van der Waals surface area contributed by atoms with E-state index < -0.39 is 0 Å². The number of nitrogens with one attached hydrogen (secondary N) is 1. The maximum absolute atomic E-state index is 5.66. The highest BCUT2D eigenvalue weighted by Crippen LogP contribution is 2.41. The standard InChI is InChI=1S/C19H17N3S2/c23-19-21-17(15-9-4-5-11-20-15)18(16-10-6-12-24-16)22(19)13-14-7-2-1-3-8-14/h1-12,17-18H,13H2,(H,21,23)/t17-,18+/m1/s1. The zero-order valence-electron chi connectivity index (χ0n) is 13.0. The van der Waals surface area contributed by atoms with E-state index in [1.807, 2.05) is 24.4 Å². The van der Waals surface area contributed by atoms with Crippen LogP contribution in [0.3, 0.4) is 0 Å². The molecule has 1 saturated heterocycles. The number of nitrogens with zero attached hydrogens (tertiary/aromatic N) is 2. The fraction of sp³-hybridized carbons (Fsp3) is 0.158. The van der Waals surface area contributed by atoms with Crippen LogP contribution in [-0.2, 0) is 6.54 Å². The molecule has 24 heavy (non-hydrogen) atoms. The molecule has 0 saturated carbocycles. The fourth-order valence-corrected chi connectivity index (χ4v) is 4.30. The Balaban J connectivity index is 1.71. The van der Waals surface area contributed by atoms with Crippen molar-refractivity contribution in [1.82, 2.24) is 15.2 Å². The highest BCUT2D eigenvalue weighted by atomic mass is 32.1. The molecule has 5 heteroatoms. The van der Waals surface area contributed by atoms with Gasteiger partial charge >= 0.3 is 0 Å². The third-order valence-electron chi connectivity index (χ3n) is 4.23. The Morgan fingerprint density at radius 3 is 2.58 bits per heavy atom. The summed E-state index contributed by atoms with van der Waals surface area (Å²) in [6, 6.07) is 21.0. The predicted octanol–water partition coefficient (Wildman–Crippen LogP) is 4.32. The Labute approximate surface area is 151 Å². The Morgan fingerprint density at radius 2 is 1.88 bits per heavy atom. The lowest BCUT2D eigenvalue weighted by Gasteiger charge is -2.26. The quantitative estimate of drug-likeness (QED) is 0.709. The molecule has 2 aromatic heterocycles. The van der Waals surface area contributed by atoms with Crippen molar-refractivity contribution in [3.8, 4) is 0 Å². The summed E-state index contributed by atoms with van der Waals surface area (Å²) in [4.78, 5) is 8.13. The van der Waals surface area contributed by atoms with Crippen LogP contribution in [0.1, 0.15) is 28.2 Å². The van der Waals surface area contributed by atoms with Gasteiger partial charge < -0.3 is 10.2 Å². The number of aromatic nitrogens is 1. The van der Waals surface area contributed by atoms with E-state index in [4.69, 9.17) is 12.2 Å². The normalized spacial score (nSPS) is 20.2. The molecule has 1 N–H and O–H groups in total. The molecular formula is C19H17N3S2. The largest absolute Gasteiger partial charge is 0.352 e. The van der Waals surface area contributed by atoms with E-state index >= 15 is 0 Å². The first-order valence-electron chi connectivity index (χ1n) is 7.88. The maximum atomic E-state index is 5.66. The van der Waals surface area contributed by atoms with E-state index in [0.717, 1.165) is 17.4 Å². The minimum absolute atomic E-state index is 0.0704. The molecule has 0 spiro atoms. The van der Waals surface area contributed by atoms with E-state index in [2.05, 4.69) is 63.0 Å². The van der Waals surface area contributed by atoms with Crippen molar-refractivity contribution in [3.63, 3.8) is 0 Å². The molecule has 1 fully saturated rings. The smallest absolute Gasteiger partial charge is 0.170 e. The summed E-state index contributed by atoms with van der Waals surface area (Å²) in [7, 11) is 0. The predicted molar refractivity (Wildman–Crippen MR) is 102 cm³/mol. The van der Waals surface area contributed by atoms with Crippen molar-refractivity contribution in [1.29, 1.82) is 0 Å². The van der Waals surface area contributed by atoms with Crippen LogP contribution < -0.4 is 5.32 Å². The van der Waals surface area contributed by atoms with Gasteiger partial charge in [0.15, 0.2) is 5.11 Å². The van der Waals surface area contributed by atoms with Gasteiger partial charge in [0, 0.05) is 17.6 Å². The summed E-state index contributed by atoms with van der Waals surface area (Å²) in [5, 5.41) is 6.38. The molecule has 1 aliphatic rings. The van der Waals surface area contributed by atoms with Gasteiger partial charge in [0.05, 0.1) is 17.8 Å². The third-order valence-corrected chi connectivity index (χ3v) is 5.52. The average Bonchev–Trinajstić information content (AvgIpc) is 3.25. The molecule has 1 aromatic carbocycles. The molecule has 2 atom stereocenters. The van der Waals surface area contributed by atoms with Crippen LogP contribution in [0.25, 0.3) is 0 Å². The first kappa shape index (κ1) is 15.3. The summed E-state index contributed by atoms with van der Waals surface area (Å²) in [5.74, 6) is 0. The fourth-order valence-electron chi connectivity index (χ4n) is 3.12. The molecule has 0 amide bonds. The first-order valence-corrected chi connectivity index (χ1v) is 9.17. The van der Waals surface area contributed by atoms with Crippen molar-refractivity contribution in [3.05, 3.63) is 88.4 Å². The molecule has 0 radical (unpaired) electrons. The van der Waals surface area contributed by atoms with Gasteiger partial charge in [-0.3, -0.25) is 4.98 Å². The number of hydrogen-bond donors (Lipinski definition) is 1. The Morgan fingerprint density at radius 1 is 1.04 bits per heavy atom. The van der Waals surface area contributed by atoms with Crippen LogP contribution in [-0.4, -0.2) is 15.0 Å². The van der Waals surface area contributed by atoms with Crippen molar-refractivity contribution >= 4 is 28.7 Å². The third kappa shape index (κ3) is 2.92. The van der Waals surface area contributed by atoms with Crippen molar-refractivity contribution in [2.75, 3.05) is 0 Å². The second-order valence-electron chi connectivity index (χ2n) is 5.76. The van der Waals surface area contributed by atoms with Gasteiger partial charge in [-0.1, -0.05) is 42.5 Å². The van der Waals surface area contributed by atoms with E-state index in [-0.39, 0.29) is 12.1 Å². The lowest BCUT2D eigenvalue weighted by molar-refractivity contribution is 0.315. The molecule has 0 unspecified atom stereocenters. The van der Waals surface area contributed by atoms with E-state index in [0.29, 0.717) is 0 Å². The van der Waals surface area contributed by atoms with Gasteiger partial charge in [0.25, 0.3) is 0 Å². The molecular weight excluding hydrogens is 334 g/mol. The summed E-state index contributed by atoms with van der Waals surface area (Å²) < 4.78 is 0. The van der Waals surface area contributed by atoms with Gasteiger partial charge in [-0.15, -0.1) is 11.3 Å². The molecule has 1 aliphatic heterocycles. The van der Waals surface area contributed by atoms with Crippen LogP contribution in [0.2, 0.25) is 0 Å². The summed E-state index contributed by atoms with van der Waals surface area (Å²) in [5.41, 5.74) is 2.28. The molecule has 3 nitrogen and oxygen atoms in total. The zero-order valence-corrected chi connectivity index (χ0v) is 14.6. The number of pyridine rings is 1. The van der Waals surface area contributed by atoms with E-state index in [1.165, 1.54) is 10.4 Å². The number of hydrogen-bond acceptors (Lipinski definition) is 3. The van der Waals surface area contributed by atoms with Crippen LogP contribution in [0.4, 0.5) is 0 Å². The topological polar surface area (TPSA) is 28.2 Å². The zero-order chi connectivity index (χ0) is 16.4. The molecule has 4 rings (SSSR count). The number of thiocarbonyl (C=S) groups is 1. The van der Waals surface area contributed by atoms with Crippen LogP contribution in [0.5, 0.6) is 0 Å². The Bertz CT molecular complexity index is 803. The minimum atomic E-state index is 0.0704. The van der Waals surface area contributed by atoms with Crippen molar-refractivity contribution < 1.29 is 0 Å². The van der Waals surface area contributed by atoms with Crippen molar-refractivity contribution in [2.24, 2.45) is 0 Å². The molecule has 3 heterocycles. The van der Waals surface area contributed by atoms with Crippen molar-refractivity contribution in [2.45, 2.75) is 18.6 Å². The van der Waals surface area contributed by atoms with Gasteiger partial charge in [0.1, 0.15) is 0 Å². The van der Waals surface area contributed by atoms with Gasteiger partial charge in [-0.05, 0) is 41.4 Å². The number of thiophene rings is 1.